The summed E-state index contributed by atoms with van der Waals surface area (Å²) in [5.41, 5.74) is 0. The summed E-state index contributed by atoms with van der Waals surface area (Å²) in [7, 11) is 0. The maximum atomic E-state index is 4.34. The minimum atomic E-state index is 0.881. The SMILES string of the molecule is c1nc(NCCC[NH2+]C2CCCCC2)c2ccsc2n1. The fraction of sp³-hybridized carbons (Fsp3) is 0.600. The molecule has 2 heterocycles. The molecule has 2 aromatic heterocycles. The van der Waals surface area contributed by atoms with Crippen molar-refractivity contribution in [2.45, 2.75) is 44.6 Å². The van der Waals surface area contributed by atoms with Gasteiger partial charge in [-0.3, -0.25) is 0 Å². The van der Waals surface area contributed by atoms with Crippen LogP contribution in [0, 0.1) is 0 Å². The number of hydrogen-bond donors (Lipinski definition) is 2. The summed E-state index contributed by atoms with van der Waals surface area (Å²) in [6, 6.07) is 2.97. The highest BCUT2D eigenvalue weighted by Crippen LogP contribution is 2.23. The number of anilines is 1. The van der Waals surface area contributed by atoms with E-state index in [4.69, 9.17) is 0 Å². The van der Waals surface area contributed by atoms with Gasteiger partial charge in [-0.25, -0.2) is 9.97 Å². The minimum absolute atomic E-state index is 0.881. The molecule has 0 aliphatic heterocycles. The summed E-state index contributed by atoms with van der Waals surface area (Å²) in [4.78, 5) is 9.68. The zero-order valence-corrected chi connectivity index (χ0v) is 12.7. The van der Waals surface area contributed by atoms with Crippen LogP contribution in [0.4, 0.5) is 5.82 Å². The molecule has 2 aromatic rings. The van der Waals surface area contributed by atoms with Gasteiger partial charge in [0.1, 0.15) is 17.0 Å². The van der Waals surface area contributed by atoms with Crippen molar-refractivity contribution in [3.8, 4) is 0 Å². The molecule has 0 bridgehead atoms. The molecule has 0 spiro atoms. The third-order valence-electron chi connectivity index (χ3n) is 4.08. The Hall–Kier alpha value is -1.20. The highest BCUT2D eigenvalue weighted by molar-refractivity contribution is 7.16. The number of thiophene rings is 1. The van der Waals surface area contributed by atoms with Crippen molar-refractivity contribution in [3.63, 3.8) is 0 Å². The Morgan fingerprint density at radius 1 is 1.25 bits per heavy atom. The van der Waals surface area contributed by atoms with Crippen molar-refractivity contribution in [1.82, 2.24) is 9.97 Å². The molecule has 0 radical (unpaired) electrons. The fourth-order valence-corrected chi connectivity index (χ4v) is 3.70. The second-order valence-electron chi connectivity index (χ2n) is 5.56. The highest BCUT2D eigenvalue weighted by atomic mass is 32.1. The quantitative estimate of drug-likeness (QED) is 0.804. The zero-order valence-electron chi connectivity index (χ0n) is 11.8. The summed E-state index contributed by atoms with van der Waals surface area (Å²) in [5.74, 6) is 0.980. The first-order chi connectivity index (χ1) is 9.93. The molecule has 1 saturated carbocycles. The predicted octanol–water partition coefficient (Wildman–Crippen LogP) is 2.39. The van der Waals surface area contributed by atoms with Crippen LogP contribution in [0.5, 0.6) is 0 Å². The zero-order chi connectivity index (χ0) is 13.6. The van der Waals surface area contributed by atoms with Crippen LogP contribution in [-0.4, -0.2) is 29.1 Å². The first-order valence-electron chi connectivity index (χ1n) is 7.69. The van der Waals surface area contributed by atoms with Crippen molar-refractivity contribution in [2.75, 3.05) is 18.4 Å². The van der Waals surface area contributed by atoms with E-state index in [0.29, 0.717) is 0 Å². The third kappa shape index (κ3) is 3.46. The van der Waals surface area contributed by atoms with Crippen LogP contribution in [-0.2, 0) is 0 Å². The molecule has 1 fully saturated rings. The summed E-state index contributed by atoms with van der Waals surface area (Å²) in [6.07, 6.45) is 9.95. The Morgan fingerprint density at radius 2 is 2.15 bits per heavy atom. The van der Waals surface area contributed by atoms with Gasteiger partial charge in [-0.2, -0.15) is 0 Å². The van der Waals surface area contributed by atoms with Crippen LogP contribution < -0.4 is 10.6 Å². The number of fused-ring (bicyclic) bond motifs is 1. The molecular formula is C15H23N4S+. The van der Waals surface area contributed by atoms with Crippen LogP contribution in [0.3, 0.4) is 0 Å². The summed E-state index contributed by atoms with van der Waals surface area (Å²) < 4.78 is 0. The van der Waals surface area contributed by atoms with Gasteiger partial charge in [0, 0.05) is 13.0 Å². The summed E-state index contributed by atoms with van der Waals surface area (Å²) in [5, 5.41) is 9.21. The average Bonchev–Trinajstić information content (AvgIpc) is 2.97. The number of hydrogen-bond acceptors (Lipinski definition) is 4. The van der Waals surface area contributed by atoms with Gasteiger partial charge in [-0.1, -0.05) is 6.42 Å². The second-order valence-corrected chi connectivity index (χ2v) is 6.46. The molecule has 3 rings (SSSR count). The molecule has 108 valence electrons. The summed E-state index contributed by atoms with van der Waals surface area (Å²) >= 11 is 1.67. The maximum absolute atomic E-state index is 4.34. The van der Waals surface area contributed by atoms with Crippen molar-refractivity contribution < 1.29 is 5.32 Å². The Kier molecular flexibility index (Phi) is 4.82. The molecule has 0 saturated heterocycles. The van der Waals surface area contributed by atoms with E-state index in [0.717, 1.165) is 28.6 Å². The van der Waals surface area contributed by atoms with E-state index in [-0.39, 0.29) is 0 Å². The molecule has 1 aliphatic rings. The normalized spacial score (nSPS) is 16.6. The predicted molar refractivity (Wildman–Crippen MR) is 84.2 cm³/mol. The number of nitrogens with one attached hydrogen (secondary N) is 1. The van der Waals surface area contributed by atoms with E-state index >= 15 is 0 Å². The van der Waals surface area contributed by atoms with Gasteiger partial charge in [-0.05, 0) is 37.1 Å². The number of quaternary nitrogens is 1. The van der Waals surface area contributed by atoms with Crippen molar-refractivity contribution in [3.05, 3.63) is 17.8 Å². The molecule has 3 N–H and O–H groups in total. The maximum Gasteiger partial charge on any atom is 0.138 e. The monoisotopic (exact) mass is 291 g/mol. The van der Waals surface area contributed by atoms with E-state index in [1.165, 1.54) is 45.1 Å². The van der Waals surface area contributed by atoms with Gasteiger partial charge in [0.15, 0.2) is 0 Å². The fourth-order valence-electron chi connectivity index (χ4n) is 2.96. The van der Waals surface area contributed by atoms with E-state index in [1.54, 1.807) is 17.7 Å². The van der Waals surface area contributed by atoms with Gasteiger partial charge in [0.25, 0.3) is 0 Å². The van der Waals surface area contributed by atoms with Crippen LogP contribution >= 0.6 is 11.3 Å². The standard InChI is InChI=1S/C15H22N4S/c1-2-5-12(6-3-1)16-8-4-9-17-14-13-7-10-20-15(13)19-11-18-14/h7,10-12,16H,1-6,8-9H2,(H,17,18,19)/p+1. The lowest BCUT2D eigenvalue weighted by Gasteiger charge is -2.19. The topological polar surface area (TPSA) is 54.4 Å². The Bertz CT molecular complexity index is 533. The molecular weight excluding hydrogens is 268 g/mol. The molecule has 0 aromatic carbocycles. The summed E-state index contributed by atoms with van der Waals surface area (Å²) in [6.45, 7) is 2.21. The molecule has 0 unspecified atom stereocenters. The first kappa shape index (κ1) is 13.8. The van der Waals surface area contributed by atoms with E-state index in [1.807, 2.05) is 0 Å². The Balaban J connectivity index is 1.40. The molecule has 0 atom stereocenters. The van der Waals surface area contributed by atoms with E-state index in [9.17, 15) is 0 Å². The van der Waals surface area contributed by atoms with Gasteiger partial charge < -0.3 is 10.6 Å². The largest absolute Gasteiger partial charge is 0.369 e. The van der Waals surface area contributed by atoms with Crippen LogP contribution in [0.1, 0.15) is 38.5 Å². The Labute approximate surface area is 124 Å². The lowest BCUT2D eigenvalue weighted by molar-refractivity contribution is -0.691. The number of aromatic nitrogens is 2. The first-order valence-corrected chi connectivity index (χ1v) is 8.57. The average molecular weight is 291 g/mol. The Morgan fingerprint density at radius 3 is 3.05 bits per heavy atom. The van der Waals surface area contributed by atoms with Crippen molar-refractivity contribution >= 4 is 27.4 Å². The molecule has 5 heteroatoms. The number of nitrogens with two attached hydrogens (primary N) is 1. The van der Waals surface area contributed by atoms with Crippen LogP contribution in [0.25, 0.3) is 10.2 Å². The van der Waals surface area contributed by atoms with Gasteiger partial charge in [-0.15, -0.1) is 11.3 Å². The second kappa shape index (κ2) is 6.99. The molecule has 1 aliphatic carbocycles. The molecule has 20 heavy (non-hydrogen) atoms. The van der Waals surface area contributed by atoms with E-state index in [2.05, 4.69) is 32.0 Å². The lowest BCUT2D eigenvalue weighted by Crippen LogP contribution is -2.90. The van der Waals surface area contributed by atoms with E-state index < -0.39 is 0 Å². The molecule has 4 nitrogen and oxygen atoms in total. The van der Waals surface area contributed by atoms with Gasteiger partial charge in [0.05, 0.1) is 18.0 Å². The van der Waals surface area contributed by atoms with Crippen molar-refractivity contribution in [2.24, 2.45) is 0 Å². The highest BCUT2D eigenvalue weighted by Gasteiger charge is 2.15. The number of rotatable bonds is 6. The third-order valence-corrected chi connectivity index (χ3v) is 4.91. The lowest BCUT2D eigenvalue weighted by atomic mass is 9.95. The smallest absolute Gasteiger partial charge is 0.138 e. The number of nitrogens with zero attached hydrogens (tertiary/aromatic N) is 2. The van der Waals surface area contributed by atoms with Gasteiger partial charge in [0.2, 0.25) is 0 Å². The molecule has 0 amide bonds. The van der Waals surface area contributed by atoms with Crippen LogP contribution in [0.2, 0.25) is 0 Å². The van der Waals surface area contributed by atoms with Gasteiger partial charge >= 0.3 is 0 Å². The van der Waals surface area contributed by atoms with Crippen LogP contribution in [0.15, 0.2) is 17.8 Å². The minimum Gasteiger partial charge on any atom is -0.369 e. The van der Waals surface area contributed by atoms with Crippen molar-refractivity contribution in [1.29, 1.82) is 0 Å².